The standard InChI is InChI=1S/C17H14FNO3/c1-7-9-4-3-8(18)5-10(9)14-13(7)12(20)6-11-15(14)17(22)19(2)16(11)21/h3-5,11,14-15H,6H2,1-2H3/t11-,14+,15-/m1/s1. The Labute approximate surface area is 126 Å². The molecule has 1 saturated heterocycles. The summed E-state index contributed by atoms with van der Waals surface area (Å²) in [6.45, 7) is 1.83. The first-order chi connectivity index (χ1) is 10.4. The molecule has 0 aromatic heterocycles. The Balaban J connectivity index is 1.95. The second kappa shape index (κ2) is 4.12. The van der Waals surface area contributed by atoms with Crippen molar-refractivity contribution in [2.45, 2.75) is 19.3 Å². The van der Waals surface area contributed by atoms with Crippen molar-refractivity contribution in [1.82, 2.24) is 4.90 Å². The summed E-state index contributed by atoms with van der Waals surface area (Å²) in [6, 6.07) is 4.40. The number of likely N-dealkylation sites (tertiary alicyclic amines) is 1. The van der Waals surface area contributed by atoms with Crippen molar-refractivity contribution < 1.29 is 18.8 Å². The van der Waals surface area contributed by atoms with Gasteiger partial charge in [-0.2, -0.15) is 0 Å². The molecule has 112 valence electrons. The highest BCUT2D eigenvalue weighted by molar-refractivity contribution is 6.15. The fourth-order valence-corrected chi connectivity index (χ4v) is 4.23. The molecule has 22 heavy (non-hydrogen) atoms. The number of allylic oxidation sites excluding steroid dienone is 2. The second-order valence-electron chi connectivity index (χ2n) is 6.24. The molecule has 1 heterocycles. The van der Waals surface area contributed by atoms with Crippen LogP contribution in [0.3, 0.4) is 0 Å². The van der Waals surface area contributed by atoms with Crippen LogP contribution in [-0.4, -0.2) is 29.5 Å². The van der Waals surface area contributed by atoms with Crippen molar-refractivity contribution in [3.05, 3.63) is 40.7 Å². The fraction of sp³-hybridized carbons (Fsp3) is 0.353. The summed E-state index contributed by atoms with van der Waals surface area (Å²) in [5.41, 5.74) is 2.86. The summed E-state index contributed by atoms with van der Waals surface area (Å²) in [5, 5.41) is 0. The van der Waals surface area contributed by atoms with E-state index in [9.17, 15) is 18.8 Å². The van der Waals surface area contributed by atoms with E-state index in [-0.39, 0.29) is 24.0 Å². The summed E-state index contributed by atoms with van der Waals surface area (Å²) in [4.78, 5) is 38.3. The Kier molecular flexibility index (Phi) is 2.50. The number of rotatable bonds is 0. The molecule has 2 fully saturated rings. The van der Waals surface area contributed by atoms with Gasteiger partial charge in [-0.15, -0.1) is 0 Å². The van der Waals surface area contributed by atoms with Crippen LogP contribution in [0.1, 0.15) is 30.4 Å². The molecule has 1 aromatic carbocycles. The molecular weight excluding hydrogens is 285 g/mol. The molecule has 3 atom stereocenters. The first-order valence-electron chi connectivity index (χ1n) is 7.27. The van der Waals surface area contributed by atoms with Crippen LogP contribution in [0.5, 0.6) is 0 Å². The zero-order valence-corrected chi connectivity index (χ0v) is 12.2. The summed E-state index contributed by atoms with van der Waals surface area (Å²) in [5.74, 6) is -2.74. The summed E-state index contributed by atoms with van der Waals surface area (Å²) < 4.78 is 13.7. The van der Waals surface area contributed by atoms with Crippen LogP contribution in [0, 0.1) is 17.7 Å². The van der Waals surface area contributed by atoms with E-state index in [1.165, 1.54) is 19.2 Å². The maximum atomic E-state index is 13.7. The molecule has 4 rings (SSSR count). The molecule has 0 N–H and O–H groups in total. The number of benzene rings is 1. The van der Waals surface area contributed by atoms with Gasteiger partial charge in [0.25, 0.3) is 0 Å². The molecule has 1 aromatic rings. The van der Waals surface area contributed by atoms with Gasteiger partial charge in [0.2, 0.25) is 11.8 Å². The van der Waals surface area contributed by atoms with Gasteiger partial charge < -0.3 is 0 Å². The minimum atomic E-state index is -0.610. The van der Waals surface area contributed by atoms with Crippen LogP contribution in [0.2, 0.25) is 0 Å². The number of fused-ring (bicyclic) bond motifs is 5. The predicted octanol–water partition coefficient (Wildman–Crippen LogP) is 1.90. The number of Topliss-reactive ketones (excluding diaryl/α,β-unsaturated/α-hetero) is 1. The van der Waals surface area contributed by atoms with Crippen LogP contribution in [0.15, 0.2) is 23.8 Å². The molecule has 4 nitrogen and oxygen atoms in total. The number of hydrogen-bond donors (Lipinski definition) is 0. The Morgan fingerprint density at radius 2 is 1.91 bits per heavy atom. The number of hydrogen-bond acceptors (Lipinski definition) is 3. The Morgan fingerprint density at radius 1 is 1.18 bits per heavy atom. The van der Waals surface area contributed by atoms with E-state index in [4.69, 9.17) is 0 Å². The van der Waals surface area contributed by atoms with E-state index >= 15 is 0 Å². The molecule has 0 bridgehead atoms. The van der Waals surface area contributed by atoms with Crippen LogP contribution in [0.4, 0.5) is 4.39 Å². The first kappa shape index (κ1) is 13.4. The smallest absolute Gasteiger partial charge is 0.233 e. The number of amides is 2. The van der Waals surface area contributed by atoms with Gasteiger partial charge in [0, 0.05) is 25.0 Å². The van der Waals surface area contributed by atoms with Gasteiger partial charge in [-0.25, -0.2) is 4.39 Å². The minimum absolute atomic E-state index is 0.0687. The van der Waals surface area contributed by atoms with Crippen molar-refractivity contribution in [2.24, 2.45) is 11.8 Å². The Bertz CT molecular complexity index is 795. The molecule has 0 spiro atoms. The summed E-state index contributed by atoms with van der Waals surface area (Å²) in [7, 11) is 1.45. The number of ketones is 1. The molecule has 1 aliphatic heterocycles. The van der Waals surface area contributed by atoms with Crippen molar-refractivity contribution in [3.63, 3.8) is 0 Å². The van der Waals surface area contributed by atoms with Crippen LogP contribution >= 0.6 is 0 Å². The average molecular weight is 299 g/mol. The monoisotopic (exact) mass is 299 g/mol. The molecule has 0 unspecified atom stereocenters. The lowest BCUT2D eigenvalue weighted by Crippen LogP contribution is -2.34. The van der Waals surface area contributed by atoms with Crippen LogP contribution in [-0.2, 0) is 14.4 Å². The molecule has 2 amide bonds. The van der Waals surface area contributed by atoms with Crippen molar-refractivity contribution in [1.29, 1.82) is 0 Å². The number of imide groups is 1. The number of carbonyl (C=O) groups is 3. The first-order valence-corrected chi connectivity index (χ1v) is 7.27. The highest BCUT2D eigenvalue weighted by Crippen LogP contribution is 2.54. The lowest BCUT2D eigenvalue weighted by Gasteiger charge is -2.30. The number of carbonyl (C=O) groups excluding carboxylic acids is 3. The fourth-order valence-electron chi connectivity index (χ4n) is 4.23. The topological polar surface area (TPSA) is 54.5 Å². The van der Waals surface area contributed by atoms with E-state index in [0.29, 0.717) is 11.1 Å². The average Bonchev–Trinajstić information content (AvgIpc) is 2.88. The van der Waals surface area contributed by atoms with Crippen molar-refractivity contribution in [2.75, 3.05) is 7.05 Å². The van der Waals surface area contributed by atoms with Crippen molar-refractivity contribution >= 4 is 23.2 Å². The Morgan fingerprint density at radius 3 is 2.64 bits per heavy atom. The van der Waals surface area contributed by atoms with Gasteiger partial charge in [-0.3, -0.25) is 19.3 Å². The molecule has 2 aliphatic carbocycles. The normalized spacial score (nSPS) is 29.9. The van der Waals surface area contributed by atoms with Gasteiger partial charge in [0.05, 0.1) is 11.8 Å². The van der Waals surface area contributed by atoms with Gasteiger partial charge in [-0.05, 0) is 35.8 Å². The third-order valence-electron chi connectivity index (χ3n) is 5.23. The molecule has 5 heteroatoms. The molecular formula is C17H14FNO3. The lowest BCUT2D eigenvalue weighted by atomic mass is 9.69. The maximum absolute atomic E-state index is 13.7. The third kappa shape index (κ3) is 1.43. The highest BCUT2D eigenvalue weighted by Gasteiger charge is 2.57. The number of nitrogens with zero attached hydrogens (tertiary/aromatic N) is 1. The minimum Gasteiger partial charge on any atom is -0.294 e. The molecule has 0 radical (unpaired) electrons. The summed E-state index contributed by atoms with van der Waals surface area (Å²) in [6.07, 6.45) is 0.0687. The Hall–Kier alpha value is -2.30. The quantitative estimate of drug-likeness (QED) is 0.688. The van der Waals surface area contributed by atoms with E-state index in [1.54, 1.807) is 6.07 Å². The predicted molar refractivity (Wildman–Crippen MR) is 76.1 cm³/mol. The second-order valence-corrected chi connectivity index (χ2v) is 6.24. The van der Waals surface area contributed by atoms with Crippen molar-refractivity contribution in [3.8, 4) is 0 Å². The van der Waals surface area contributed by atoms with Gasteiger partial charge >= 0.3 is 0 Å². The van der Waals surface area contributed by atoms with Crippen LogP contribution < -0.4 is 0 Å². The van der Waals surface area contributed by atoms with Gasteiger partial charge in [0.15, 0.2) is 5.78 Å². The maximum Gasteiger partial charge on any atom is 0.233 e. The highest BCUT2D eigenvalue weighted by atomic mass is 19.1. The van der Waals surface area contributed by atoms with E-state index in [0.717, 1.165) is 16.0 Å². The number of halogens is 1. The van der Waals surface area contributed by atoms with Crippen LogP contribution in [0.25, 0.3) is 5.57 Å². The lowest BCUT2D eigenvalue weighted by molar-refractivity contribution is -0.138. The molecule has 1 saturated carbocycles. The van der Waals surface area contributed by atoms with E-state index < -0.39 is 23.6 Å². The zero-order valence-electron chi connectivity index (χ0n) is 12.2. The van der Waals surface area contributed by atoms with E-state index in [1.807, 2.05) is 6.92 Å². The zero-order chi connectivity index (χ0) is 15.8. The summed E-state index contributed by atoms with van der Waals surface area (Å²) >= 11 is 0. The van der Waals surface area contributed by atoms with Gasteiger partial charge in [0.1, 0.15) is 5.82 Å². The van der Waals surface area contributed by atoms with Gasteiger partial charge in [-0.1, -0.05) is 6.07 Å². The third-order valence-corrected chi connectivity index (χ3v) is 5.23. The van der Waals surface area contributed by atoms with E-state index in [2.05, 4.69) is 0 Å². The largest absolute Gasteiger partial charge is 0.294 e. The molecule has 3 aliphatic rings. The SMILES string of the molecule is CC1=C2C(=O)C[C@H]3C(=O)N(C)C(=O)[C@H]3[C@H]2c2cc(F)ccc21.